The molecule has 1 aliphatic heterocycles. The topological polar surface area (TPSA) is 152 Å². The minimum Gasteiger partial charge on any atom is -0.418 e. The Labute approximate surface area is 223 Å². The number of rotatable bonds is 11. The Kier molecular flexibility index (Phi) is 9.42. The van der Waals surface area contributed by atoms with E-state index >= 15 is 0 Å². The minimum absolute atomic E-state index is 0.191. The number of sulfonamides is 1. The second-order valence-electron chi connectivity index (χ2n) is 10.6. The molecule has 1 aliphatic rings. The van der Waals surface area contributed by atoms with Crippen molar-refractivity contribution in [1.82, 2.24) is 25.1 Å². The van der Waals surface area contributed by atoms with Gasteiger partial charge in [0.15, 0.2) is 0 Å². The van der Waals surface area contributed by atoms with Gasteiger partial charge in [-0.05, 0) is 37.2 Å². The highest BCUT2D eigenvalue weighted by atomic mass is 32.2. The molecule has 0 bridgehead atoms. The van der Waals surface area contributed by atoms with Crippen molar-refractivity contribution in [1.29, 1.82) is 0 Å². The number of hydrogen-bond acceptors (Lipinski definition) is 8. The molecule has 1 aromatic heterocycles. The molecule has 38 heavy (non-hydrogen) atoms. The average molecular weight is 548 g/mol. The fraction of sp³-hybridized carbons (Fsp3) is 0.577. The van der Waals surface area contributed by atoms with Crippen molar-refractivity contribution >= 4 is 27.6 Å². The smallest absolute Gasteiger partial charge is 0.286 e. The predicted molar refractivity (Wildman–Crippen MR) is 141 cm³/mol. The second kappa shape index (κ2) is 12.2. The lowest BCUT2D eigenvalue weighted by Crippen LogP contribution is -2.57. The number of nitrogens with zero attached hydrogens (tertiary/aromatic N) is 3. The van der Waals surface area contributed by atoms with Crippen LogP contribution in [0.25, 0.3) is 0 Å². The van der Waals surface area contributed by atoms with E-state index in [0.29, 0.717) is 31.7 Å². The zero-order valence-electron chi connectivity index (χ0n) is 22.7. The van der Waals surface area contributed by atoms with Crippen LogP contribution in [0.2, 0.25) is 0 Å². The molecule has 0 aliphatic carbocycles. The molecule has 3 rings (SSSR count). The molecule has 2 N–H and O–H groups in total. The van der Waals surface area contributed by atoms with Gasteiger partial charge >= 0.3 is 0 Å². The van der Waals surface area contributed by atoms with Crippen molar-refractivity contribution in [2.24, 2.45) is 11.8 Å². The third kappa shape index (κ3) is 7.47. The maximum atomic E-state index is 13.3. The Morgan fingerprint density at radius 3 is 2.39 bits per heavy atom. The van der Waals surface area contributed by atoms with Gasteiger partial charge in [-0.3, -0.25) is 14.4 Å². The van der Waals surface area contributed by atoms with Gasteiger partial charge in [0.25, 0.3) is 5.89 Å². The van der Waals surface area contributed by atoms with Crippen LogP contribution in [0.15, 0.2) is 28.7 Å². The fourth-order valence-corrected chi connectivity index (χ4v) is 5.36. The van der Waals surface area contributed by atoms with Crippen molar-refractivity contribution in [2.45, 2.75) is 72.0 Å². The van der Waals surface area contributed by atoms with Gasteiger partial charge in [0.2, 0.25) is 33.5 Å². The number of aromatic nitrogens is 2. The zero-order valence-corrected chi connectivity index (χ0v) is 23.5. The summed E-state index contributed by atoms with van der Waals surface area (Å²) in [7, 11) is -3.64. The van der Waals surface area contributed by atoms with Crippen LogP contribution in [-0.4, -0.2) is 72.0 Å². The second-order valence-corrected chi connectivity index (χ2v) is 12.3. The number of likely N-dealkylation sites (tertiary alicyclic amines) is 1. The molecule has 12 heteroatoms. The minimum atomic E-state index is -3.64. The van der Waals surface area contributed by atoms with Gasteiger partial charge in [-0.25, -0.2) is 13.1 Å². The number of amides is 2. The number of Topliss-reactive ketones (excluding diaryl/α,β-unsaturated/α-hetero) is 1. The lowest BCUT2D eigenvalue weighted by atomic mass is 9.98. The molecule has 2 aromatic rings. The molecule has 3 atom stereocenters. The van der Waals surface area contributed by atoms with Crippen LogP contribution in [0.4, 0.5) is 0 Å². The van der Waals surface area contributed by atoms with Crippen molar-refractivity contribution in [3.05, 3.63) is 47.2 Å². The van der Waals surface area contributed by atoms with Gasteiger partial charge in [0.1, 0.15) is 12.1 Å². The maximum Gasteiger partial charge on any atom is 0.286 e. The summed E-state index contributed by atoms with van der Waals surface area (Å²) in [6, 6.07) is 5.07. The van der Waals surface area contributed by atoms with Crippen molar-refractivity contribution in [3.8, 4) is 0 Å². The Balaban J connectivity index is 1.72. The molecular formula is C26H37N5O6S. The Morgan fingerprint density at radius 1 is 1.11 bits per heavy atom. The molecule has 3 unspecified atom stereocenters. The normalized spacial score (nSPS) is 17.6. The molecule has 0 radical (unpaired) electrons. The summed E-state index contributed by atoms with van der Waals surface area (Å²) < 4.78 is 31.6. The van der Waals surface area contributed by atoms with Crippen LogP contribution in [0.1, 0.15) is 68.2 Å². The van der Waals surface area contributed by atoms with E-state index in [-0.39, 0.29) is 17.7 Å². The van der Waals surface area contributed by atoms with Crippen molar-refractivity contribution < 1.29 is 27.2 Å². The quantitative estimate of drug-likeness (QED) is 0.405. The first-order valence-electron chi connectivity index (χ1n) is 12.8. The van der Waals surface area contributed by atoms with E-state index in [1.54, 1.807) is 27.7 Å². The van der Waals surface area contributed by atoms with Crippen LogP contribution in [0.5, 0.6) is 0 Å². The van der Waals surface area contributed by atoms with Crippen molar-refractivity contribution in [3.63, 3.8) is 0 Å². The van der Waals surface area contributed by atoms with Crippen LogP contribution in [-0.2, 0) is 26.0 Å². The summed E-state index contributed by atoms with van der Waals surface area (Å²) in [5.74, 6) is -1.97. The first-order chi connectivity index (χ1) is 17.8. The van der Waals surface area contributed by atoms with E-state index in [4.69, 9.17) is 4.42 Å². The average Bonchev–Trinajstić information content (AvgIpc) is 3.49. The van der Waals surface area contributed by atoms with E-state index in [1.165, 1.54) is 4.90 Å². The molecular weight excluding hydrogens is 510 g/mol. The lowest BCUT2D eigenvalue weighted by molar-refractivity contribution is -0.140. The highest BCUT2D eigenvalue weighted by molar-refractivity contribution is 7.88. The Morgan fingerprint density at radius 2 is 1.79 bits per heavy atom. The molecule has 0 saturated carbocycles. The molecule has 1 aromatic carbocycles. The predicted octanol–water partition coefficient (Wildman–Crippen LogP) is 1.86. The van der Waals surface area contributed by atoms with Gasteiger partial charge in [-0.15, -0.1) is 10.2 Å². The molecule has 1 fully saturated rings. The molecule has 208 valence electrons. The van der Waals surface area contributed by atoms with E-state index in [2.05, 4.69) is 20.2 Å². The Bertz CT molecular complexity index is 1270. The molecule has 2 heterocycles. The molecule has 1 saturated heterocycles. The van der Waals surface area contributed by atoms with Crippen molar-refractivity contribution in [2.75, 3.05) is 12.8 Å². The maximum absolute atomic E-state index is 13.3. The summed E-state index contributed by atoms with van der Waals surface area (Å²) >= 11 is 0. The van der Waals surface area contributed by atoms with E-state index in [0.717, 1.165) is 17.4 Å². The lowest BCUT2D eigenvalue weighted by Gasteiger charge is -2.31. The van der Waals surface area contributed by atoms with E-state index in [9.17, 15) is 22.8 Å². The summed E-state index contributed by atoms with van der Waals surface area (Å²) in [5.41, 5.74) is 2.06. The number of hydrogen-bond donors (Lipinski definition) is 2. The first-order valence-corrected chi connectivity index (χ1v) is 14.7. The number of carbonyl (C=O) groups excluding carboxylic acids is 3. The van der Waals surface area contributed by atoms with E-state index < -0.39 is 45.7 Å². The highest BCUT2D eigenvalue weighted by Gasteiger charge is 2.40. The van der Waals surface area contributed by atoms with Gasteiger partial charge in [-0.2, -0.15) is 0 Å². The number of benzene rings is 1. The number of aryl methyl sites for hydroxylation is 1. The summed E-state index contributed by atoms with van der Waals surface area (Å²) in [4.78, 5) is 41.2. The standard InChI is InChI=1S/C26H37N5O6S/c1-15(2)21(23(32)25-29-28-20(37-25)14-18-10-7-9-17(5)13-18)27-24(33)19-11-8-12-31(19)26(34)22(16(3)4)30-38(6,35)36/h7,9-10,13,15-16,19,21-22,30H,8,11-12,14H2,1-6H3,(H,27,33). The third-order valence-corrected chi connectivity index (χ3v) is 7.16. The molecule has 11 nitrogen and oxygen atoms in total. The van der Waals surface area contributed by atoms with Gasteiger partial charge < -0.3 is 14.6 Å². The molecule has 0 spiro atoms. The van der Waals surface area contributed by atoms with Crippen LogP contribution in [0.3, 0.4) is 0 Å². The summed E-state index contributed by atoms with van der Waals surface area (Å²) in [6.45, 7) is 9.34. The van der Waals surface area contributed by atoms with Crippen LogP contribution >= 0.6 is 0 Å². The number of nitrogens with one attached hydrogen (secondary N) is 2. The number of carbonyl (C=O) groups is 3. The third-order valence-electron chi connectivity index (χ3n) is 6.47. The largest absolute Gasteiger partial charge is 0.418 e. The van der Waals surface area contributed by atoms with E-state index in [1.807, 2.05) is 31.2 Å². The summed E-state index contributed by atoms with van der Waals surface area (Å²) in [5, 5.41) is 10.7. The monoisotopic (exact) mass is 547 g/mol. The van der Waals surface area contributed by atoms with Crippen LogP contribution < -0.4 is 10.0 Å². The van der Waals surface area contributed by atoms with Gasteiger partial charge in [0.05, 0.1) is 18.7 Å². The fourth-order valence-electron chi connectivity index (χ4n) is 4.52. The van der Waals surface area contributed by atoms with Crippen LogP contribution in [0, 0.1) is 18.8 Å². The first kappa shape index (κ1) is 29.4. The zero-order chi connectivity index (χ0) is 28.2. The van der Waals surface area contributed by atoms with Gasteiger partial charge in [0, 0.05) is 6.54 Å². The highest BCUT2D eigenvalue weighted by Crippen LogP contribution is 2.22. The Hall–Kier alpha value is -3.12. The number of ketones is 1. The summed E-state index contributed by atoms with van der Waals surface area (Å²) in [6.07, 6.45) is 2.35. The SMILES string of the molecule is Cc1cccc(Cc2nnc(C(=O)C(NC(=O)C3CCCN3C(=O)C(NS(C)(=O)=O)C(C)C)C(C)C)o2)c1. The van der Waals surface area contributed by atoms with Gasteiger partial charge in [-0.1, -0.05) is 57.5 Å². The molecule has 2 amide bonds.